The standard InChI is InChI=1S/C7H13NO4S.K/c1-3-6(13(10,11)12)5-8-7(9)4-2;/h4,6H,2-3,5H2,1H3,(H,8,9)(H,10,11,12);/q;+1/p-1. The van der Waals surface area contributed by atoms with Crippen LogP contribution in [0.5, 0.6) is 0 Å². The van der Waals surface area contributed by atoms with Gasteiger partial charge in [0, 0.05) is 6.54 Å². The van der Waals surface area contributed by atoms with Gasteiger partial charge < -0.3 is 9.87 Å². The quantitative estimate of drug-likeness (QED) is 0.311. The van der Waals surface area contributed by atoms with Crippen molar-refractivity contribution in [3.05, 3.63) is 12.7 Å². The van der Waals surface area contributed by atoms with Crippen LogP contribution in [0.1, 0.15) is 13.3 Å². The fourth-order valence-corrected chi connectivity index (χ4v) is 1.43. The Labute approximate surface area is 127 Å². The van der Waals surface area contributed by atoms with Crippen molar-refractivity contribution >= 4 is 16.0 Å². The summed E-state index contributed by atoms with van der Waals surface area (Å²) in [5, 5.41) is 1.19. The molecule has 0 radical (unpaired) electrons. The van der Waals surface area contributed by atoms with Crippen LogP contribution in [-0.4, -0.2) is 30.7 Å². The third-order valence-corrected chi connectivity index (χ3v) is 2.87. The van der Waals surface area contributed by atoms with Crippen molar-refractivity contribution in [2.45, 2.75) is 18.6 Å². The topological polar surface area (TPSA) is 86.3 Å². The van der Waals surface area contributed by atoms with Gasteiger partial charge >= 0.3 is 51.4 Å². The predicted molar refractivity (Wildman–Crippen MR) is 47.0 cm³/mol. The van der Waals surface area contributed by atoms with Crippen LogP contribution in [0, 0.1) is 0 Å². The van der Waals surface area contributed by atoms with E-state index in [1.165, 1.54) is 0 Å². The Kier molecular flexibility index (Phi) is 9.77. The second kappa shape index (κ2) is 7.97. The third kappa shape index (κ3) is 7.10. The molecule has 0 aromatic rings. The van der Waals surface area contributed by atoms with Crippen LogP contribution in [0.15, 0.2) is 12.7 Å². The van der Waals surface area contributed by atoms with Crippen LogP contribution < -0.4 is 56.7 Å². The molecular weight excluding hydrogens is 233 g/mol. The van der Waals surface area contributed by atoms with Crippen LogP contribution in [0.25, 0.3) is 0 Å². The van der Waals surface area contributed by atoms with E-state index in [4.69, 9.17) is 0 Å². The largest absolute Gasteiger partial charge is 1.00 e. The zero-order valence-corrected chi connectivity index (χ0v) is 12.3. The third-order valence-electron chi connectivity index (χ3n) is 1.55. The molecule has 1 atom stereocenters. The predicted octanol–water partition coefficient (Wildman–Crippen LogP) is -3.38. The van der Waals surface area contributed by atoms with Gasteiger partial charge in [0.15, 0.2) is 0 Å². The van der Waals surface area contributed by atoms with Crippen molar-refractivity contribution in [2.75, 3.05) is 6.54 Å². The minimum atomic E-state index is -4.32. The molecule has 0 fully saturated rings. The summed E-state index contributed by atoms with van der Waals surface area (Å²) in [6.45, 7) is 4.60. The van der Waals surface area contributed by atoms with Crippen molar-refractivity contribution in [3.8, 4) is 0 Å². The van der Waals surface area contributed by atoms with Gasteiger partial charge in [0.2, 0.25) is 5.91 Å². The summed E-state index contributed by atoms with van der Waals surface area (Å²) in [4.78, 5) is 10.6. The van der Waals surface area contributed by atoms with E-state index in [-0.39, 0.29) is 64.4 Å². The Balaban J connectivity index is 0. The van der Waals surface area contributed by atoms with Crippen molar-refractivity contribution in [1.29, 1.82) is 0 Å². The molecule has 1 unspecified atom stereocenters. The summed E-state index contributed by atoms with van der Waals surface area (Å²) >= 11 is 0. The van der Waals surface area contributed by atoms with E-state index in [1.807, 2.05) is 0 Å². The minimum absolute atomic E-state index is 0. The second-order valence-electron chi connectivity index (χ2n) is 2.47. The maximum Gasteiger partial charge on any atom is 1.00 e. The molecule has 0 aliphatic rings. The molecule has 7 heteroatoms. The zero-order chi connectivity index (χ0) is 10.5. The van der Waals surface area contributed by atoms with Crippen LogP contribution in [0.4, 0.5) is 0 Å². The van der Waals surface area contributed by atoms with Gasteiger partial charge in [-0.3, -0.25) is 4.79 Å². The molecule has 0 aliphatic carbocycles. The number of carbonyl (C=O) groups excluding carboxylic acids is 1. The molecule has 5 nitrogen and oxygen atoms in total. The molecule has 0 aromatic carbocycles. The first-order chi connectivity index (χ1) is 5.91. The van der Waals surface area contributed by atoms with Crippen LogP contribution >= 0.6 is 0 Å². The molecule has 0 heterocycles. The van der Waals surface area contributed by atoms with Crippen LogP contribution in [-0.2, 0) is 14.9 Å². The van der Waals surface area contributed by atoms with Crippen molar-refractivity contribution in [1.82, 2.24) is 5.32 Å². The maximum absolute atomic E-state index is 10.6. The van der Waals surface area contributed by atoms with E-state index >= 15 is 0 Å². The normalized spacial score (nSPS) is 12.4. The molecule has 0 saturated heterocycles. The smallest absolute Gasteiger partial charge is 0.748 e. The molecule has 0 bridgehead atoms. The first kappa shape index (κ1) is 17.2. The first-order valence-electron chi connectivity index (χ1n) is 3.76. The van der Waals surface area contributed by atoms with Gasteiger partial charge in [-0.15, -0.1) is 0 Å². The fourth-order valence-electron chi connectivity index (χ4n) is 0.737. The number of amides is 1. The Morgan fingerprint density at radius 1 is 1.64 bits per heavy atom. The second-order valence-corrected chi connectivity index (χ2v) is 4.12. The van der Waals surface area contributed by atoms with E-state index in [0.29, 0.717) is 0 Å². The maximum atomic E-state index is 10.6. The average molecular weight is 245 g/mol. The molecule has 1 amide bonds. The van der Waals surface area contributed by atoms with Gasteiger partial charge in [-0.25, -0.2) is 8.42 Å². The number of hydrogen-bond donors (Lipinski definition) is 1. The summed E-state index contributed by atoms with van der Waals surface area (Å²) in [6.07, 6.45) is 1.20. The van der Waals surface area contributed by atoms with Crippen molar-refractivity contribution < 1.29 is 69.1 Å². The van der Waals surface area contributed by atoms with Gasteiger partial charge in [-0.1, -0.05) is 13.5 Å². The number of carbonyl (C=O) groups is 1. The van der Waals surface area contributed by atoms with Gasteiger partial charge in [0.25, 0.3) is 0 Å². The Bertz CT molecular complexity index is 288. The SMILES string of the molecule is C=CC(=O)NCC(CC)S(=O)(=O)[O-].[K+]. The van der Waals surface area contributed by atoms with E-state index in [0.717, 1.165) is 6.08 Å². The summed E-state index contributed by atoms with van der Waals surface area (Å²) in [5.74, 6) is -0.484. The Hall–Kier alpha value is 0.756. The summed E-state index contributed by atoms with van der Waals surface area (Å²) < 4.78 is 31.6. The molecule has 1 N–H and O–H groups in total. The summed E-state index contributed by atoms with van der Waals surface area (Å²) in [7, 11) is -4.32. The van der Waals surface area contributed by atoms with Crippen LogP contribution in [0.2, 0.25) is 0 Å². The molecular formula is C7H12KNO4S. The minimum Gasteiger partial charge on any atom is -0.748 e. The zero-order valence-electron chi connectivity index (χ0n) is 8.32. The monoisotopic (exact) mass is 245 g/mol. The molecule has 76 valence electrons. The van der Waals surface area contributed by atoms with Gasteiger partial charge in [0.1, 0.15) is 0 Å². The molecule has 0 saturated carbocycles. The number of nitrogens with one attached hydrogen (secondary N) is 1. The molecule has 0 aliphatic heterocycles. The van der Waals surface area contributed by atoms with E-state index in [2.05, 4.69) is 11.9 Å². The van der Waals surface area contributed by atoms with E-state index < -0.39 is 21.3 Å². The average Bonchev–Trinajstić information content (AvgIpc) is 2.02. The summed E-state index contributed by atoms with van der Waals surface area (Å²) in [6, 6.07) is 0. The number of rotatable bonds is 5. The van der Waals surface area contributed by atoms with Gasteiger partial charge in [-0.2, -0.15) is 0 Å². The molecule has 0 spiro atoms. The Morgan fingerprint density at radius 2 is 2.14 bits per heavy atom. The molecule has 0 rings (SSSR count). The first-order valence-corrected chi connectivity index (χ1v) is 5.24. The van der Waals surface area contributed by atoms with Gasteiger partial charge in [0.05, 0.1) is 15.4 Å². The van der Waals surface area contributed by atoms with Gasteiger partial charge in [-0.05, 0) is 12.5 Å². The van der Waals surface area contributed by atoms with Crippen LogP contribution in [0.3, 0.4) is 0 Å². The summed E-state index contributed by atoms with van der Waals surface area (Å²) in [5.41, 5.74) is 0. The molecule has 0 aromatic heterocycles. The van der Waals surface area contributed by atoms with Crippen molar-refractivity contribution in [3.63, 3.8) is 0 Å². The van der Waals surface area contributed by atoms with E-state index in [9.17, 15) is 17.8 Å². The van der Waals surface area contributed by atoms with E-state index in [1.54, 1.807) is 6.92 Å². The number of hydrogen-bond acceptors (Lipinski definition) is 4. The van der Waals surface area contributed by atoms with Crippen molar-refractivity contribution in [2.24, 2.45) is 0 Å². The molecule has 14 heavy (non-hydrogen) atoms. The Morgan fingerprint density at radius 3 is 2.43 bits per heavy atom. The fraction of sp³-hybridized carbons (Fsp3) is 0.571.